The summed E-state index contributed by atoms with van der Waals surface area (Å²) in [6, 6.07) is 0. The average Bonchev–Trinajstić information content (AvgIpc) is 2.35. The number of nitrogens with zero attached hydrogens (tertiary/aromatic N) is 1. The predicted molar refractivity (Wildman–Crippen MR) is 74.3 cm³/mol. The lowest BCUT2D eigenvalue weighted by atomic mass is 9.75. The molecule has 0 saturated heterocycles. The van der Waals surface area contributed by atoms with E-state index in [2.05, 4.69) is 25.9 Å². The van der Waals surface area contributed by atoms with Crippen LogP contribution in [-0.2, 0) is 0 Å². The van der Waals surface area contributed by atoms with E-state index in [1.165, 1.54) is 57.8 Å². The van der Waals surface area contributed by atoms with Crippen molar-refractivity contribution in [1.29, 1.82) is 0 Å². The zero-order chi connectivity index (χ0) is 12.7. The molecule has 17 heavy (non-hydrogen) atoms. The van der Waals surface area contributed by atoms with E-state index in [0.717, 1.165) is 6.42 Å². The summed E-state index contributed by atoms with van der Waals surface area (Å²) in [4.78, 5) is 2.29. The van der Waals surface area contributed by atoms with E-state index in [4.69, 9.17) is 0 Å². The largest absolute Gasteiger partial charge is 0.391 e. The molecule has 0 amide bonds. The summed E-state index contributed by atoms with van der Waals surface area (Å²) in [5.74, 6) is 0. The molecule has 2 heteroatoms. The number of hydrogen-bond acceptors (Lipinski definition) is 2. The SMILES string of the molecule is CCCCCCC(O)C1(N(C)C)CCCCC1. The van der Waals surface area contributed by atoms with Gasteiger partial charge in [0, 0.05) is 5.54 Å². The first-order valence-electron chi connectivity index (χ1n) is 7.49. The van der Waals surface area contributed by atoms with Gasteiger partial charge < -0.3 is 10.0 Å². The highest BCUT2D eigenvalue weighted by Crippen LogP contribution is 2.36. The number of rotatable bonds is 7. The van der Waals surface area contributed by atoms with Crippen LogP contribution in [0.2, 0.25) is 0 Å². The minimum absolute atomic E-state index is 0.0739. The van der Waals surface area contributed by atoms with Crippen LogP contribution >= 0.6 is 0 Å². The Hall–Kier alpha value is -0.0800. The lowest BCUT2D eigenvalue weighted by Crippen LogP contribution is -2.54. The van der Waals surface area contributed by atoms with Crippen LogP contribution in [0.5, 0.6) is 0 Å². The molecule has 0 spiro atoms. The summed E-state index contributed by atoms with van der Waals surface area (Å²) < 4.78 is 0. The van der Waals surface area contributed by atoms with Crippen LogP contribution in [-0.4, -0.2) is 35.7 Å². The second-order valence-electron chi connectivity index (χ2n) is 5.92. The summed E-state index contributed by atoms with van der Waals surface area (Å²) in [5.41, 5.74) is 0.0739. The molecular formula is C15H31NO. The molecule has 0 aromatic carbocycles. The molecule has 2 nitrogen and oxygen atoms in total. The highest BCUT2D eigenvalue weighted by atomic mass is 16.3. The van der Waals surface area contributed by atoms with Crippen LogP contribution < -0.4 is 0 Å². The maximum absolute atomic E-state index is 10.6. The van der Waals surface area contributed by atoms with Gasteiger partial charge in [-0.15, -0.1) is 0 Å². The van der Waals surface area contributed by atoms with E-state index in [1.807, 2.05) is 0 Å². The minimum atomic E-state index is -0.130. The van der Waals surface area contributed by atoms with Gasteiger partial charge in [-0.25, -0.2) is 0 Å². The lowest BCUT2D eigenvalue weighted by Gasteiger charge is -2.46. The fourth-order valence-electron chi connectivity index (χ4n) is 3.28. The smallest absolute Gasteiger partial charge is 0.0723 e. The molecule has 1 unspecified atom stereocenters. The number of aliphatic hydroxyl groups is 1. The van der Waals surface area contributed by atoms with Gasteiger partial charge in [0.25, 0.3) is 0 Å². The third-order valence-electron chi connectivity index (χ3n) is 4.56. The minimum Gasteiger partial charge on any atom is -0.391 e. The Labute approximate surface area is 107 Å². The monoisotopic (exact) mass is 241 g/mol. The maximum Gasteiger partial charge on any atom is 0.0723 e. The molecule has 0 bridgehead atoms. The van der Waals surface area contributed by atoms with Crippen molar-refractivity contribution >= 4 is 0 Å². The molecule has 0 aromatic heterocycles. The Morgan fingerprint density at radius 2 is 1.71 bits per heavy atom. The molecule has 1 fully saturated rings. The van der Waals surface area contributed by atoms with Gasteiger partial charge in [0.15, 0.2) is 0 Å². The van der Waals surface area contributed by atoms with Gasteiger partial charge in [-0.3, -0.25) is 0 Å². The fraction of sp³-hybridized carbons (Fsp3) is 1.00. The number of likely N-dealkylation sites (N-methyl/N-ethyl adjacent to an activating group) is 1. The molecule has 1 atom stereocenters. The second kappa shape index (κ2) is 7.38. The standard InChI is InChI=1S/C15H31NO/c1-4-5-6-8-11-14(17)15(16(2)3)12-9-7-10-13-15/h14,17H,4-13H2,1-3H3. The molecule has 1 saturated carbocycles. The van der Waals surface area contributed by atoms with Crippen molar-refractivity contribution in [3.63, 3.8) is 0 Å². The van der Waals surface area contributed by atoms with Crippen LogP contribution in [0.3, 0.4) is 0 Å². The molecule has 1 aliphatic rings. The van der Waals surface area contributed by atoms with Gasteiger partial charge in [0.2, 0.25) is 0 Å². The van der Waals surface area contributed by atoms with Gasteiger partial charge in [-0.1, -0.05) is 51.9 Å². The molecule has 1 aliphatic carbocycles. The third-order valence-corrected chi connectivity index (χ3v) is 4.56. The molecule has 1 N–H and O–H groups in total. The normalized spacial score (nSPS) is 21.7. The van der Waals surface area contributed by atoms with E-state index in [1.54, 1.807) is 0 Å². The number of unbranched alkanes of at least 4 members (excludes halogenated alkanes) is 3. The topological polar surface area (TPSA) is 23.5 Å². The third kappa shape index (κ3) is 3.96. The molecule has 0 aromatic rings. The quantitative estimate of drug-likeness (QED) is 0.689. The van der Waals surface area contributed by atoms with Crippen molar-refractivity contribution in [2.24, 2.45) is 0 Å². The number of aliphatic hydroxyl groups excluding tert-OH is 1. The lowest BCUT2D eigenvalue weighted by molar-refractivity contribution is -0.0366. The first kappa shape index (κ1) is 15.0. The van der Waals surface area contributed by atoms with Crippen LogP contribution in [0.25, 0.3) is 0 Å². The van der Waals surface area contributed by atoms with Crippen LogP contribution in [0.4, 0.5) is 0 Å². The van der Waals surface area contributed by atoms with Gasteiger partial charge in [-0.05, 0) is 33.4 Å². The molecule has 102 valence electrons. The van der Waals surface area contributed by atoms with Crippen molar-refractivity contribution < 1.29 is 5.11 Å². The van der Waals surface area contributed by atoms with E-state index >= 15 is 0 Å². The van der Waals surface area contributed by atoms with Crippen molar-refractivity contribution in [2.45, 2.75) is 82.8 Å². The Morgan fingerprint density at radius 1 is 1.06 bits per heavy atom. The first-order valence-corrected chi connectivity index (χ1v) is 7.49. The zero-order valence-corrected chi connectivity index (χ0v) is 12.0. The van der Waals surface area contributed by atoms with E-state index in [9.17, 15) is 5.11 Å². The van der Waals surface area contributed by atoms with E-state index < -0.39 is 0 Å². The average molecular weight is 241 g/mol. The summed E-state index contributed by atoms with van der Waals surface area (Å²) in [7, 11) is 4.28. The molecule has 0 heterocycles. The second-order valence-corrected chi connectivity index (χ2v) is 5.92. The van der Waals surface area contributed by atoms with Crippen LogP contribution in [0.15, 0.2) is 0 Å². The highest BCUT2D eigenvalue weighted by molar-refractivity contribution is 4.96. The van der Waals surface area contributed by atoms with Gasteiger partial charge in [-0.2, -0.15) is 0 Å². The van der Waals surface area contributed by atoms with Crippen LogP contribution in [0, 0.1) is 0 Å². The Kier molecular flexibility index (Phi) is 6.50. The van der Waals surface area contributed by atoms with Crippen molar-refractivity contribution in [3.05, 3.63) is 0 Å². The molecule has 0 aliphatic heterocycles. The summed E-state index contributed by atoms with van der Waals surface area (Å²) >= 11 is 0. The van der Waals surface area contributed by atoms with E-state index in [-0.39, 0.29) is 11.6 Å². The summed E-state index contributed by atoms with van der Waals surface area (Å²) in [5, 5.41) is 10.6. The summed E-state index contributed by atoms with van der Waals surface area (Å²) in [6.45, 7) is 2.23. The first-order chi connectivity index (χ1) is 8.13. The Morgan fingerprint density at radius 3 is 2.24 bits per heavy atom. The van der Waals surface area contributed by atoms with Crippen molar-refractivity contribution in [2.75, 3.05) is 14.1 Å². The van der Waals surface area contributed by atoms with Crippen molar-refractivity contribution in [1.82, 2.24) is 4.90 Å². The van der Waals surface area contributed by atoms with Crippen molar-refractivity contribution in [3.8, 4) is 0 Å². The molecule has 1 rings (SSSR count). The highest BCUT2D eigenvalue weighted by Gasteiger charge is 2.40. The fourth-order valence-corrected chi connectivity index (χ4v) is 3.28. The Balaban J connectivity index is 2.45. The predicted octanol–water partition coefficient (Wildman–Crippen LogP) is 3.58. The Bertz CT molecular complexity index is 197. The van der Waals surface area contributed by atoms with Crippen LogP contribution in [0.1, 0.15) is 71.1 Å². The maximum atomic E-state index is 10.6. The van der Waals surface area contributed by atoms with Gasteiger partial charge in [0.1, 0.15) is 0 Å². The number of hydrogen-bond donors (Lipinski definition) is 1. The zero-order valence-electron chi connectivity index (χ0n) is 12.0. The molecular weight excluding hydrogens is 210 g/mol. The molecule has 0 radical (unpaired) electrons. The summed E-state index contributed by atoms with van der Waals surface area (Å²) in [6.07, 6.45) is 12.2. The van der Waals surface area contributed by atoms with Gasteiger partial charge >= 0.3 is 0 Å². The van der Waals surface area contributed by atoms with E-state index in [0.29, 0.717) is 0 Å². The van der Waals surface area contributed by atoms with Gasteiger partial charge in [0.05, 0.1) is 6.10 Å².